The van der Waals surface area contributed by atoms with Crippen LogP contribution >= 0.6 is 11.6 Å². The summed E-state index contributed by atoms with van der Waals surface area (Å²) in [6, 6.07) is 14.8. The van der Waals surface area contributed by atoms with E-state index in [0.717, 1.165) is 10.5 Å². The van der Waals surface area contributed by atoms with Crippen molar-refractivity contribution in [3.05, 3.63) is 88.2 Å². The van der Waals surface area contributed by atoms with E-state index in [2.05, 4.69) is 10.3 Å². The van der Waals surface area contributed by atoms with Gasteiger partial charge in [0.05, 0.1) is 21.8 Å². The molecule has 0 bridgehead atoms. The predicted molar refractivity (Wildman–Crippen MR) is 106 cm³/mol. The van der Waals surface area contributed by atoms with Gasteiger partial charge in [-0.05, 0) is 48.9 Å². The Bertz CT molecular complexity index is 1130. The van der Waals surface area contributed by atoms with Gasteiger partial charge in [0, 0.05) is 11.9 Å². The Hall–Kier alpha value is -3.51. The number of fused-ring (bicyclic) bond motifs is 1. The molecule has 0 saturated heterocycles. The molecule has 1 aliphatic heterocycles. The SMILES string of the molecule is Cc1cccc2c1C(=O)N(c1ccc(NC(=O)c3ccccn3)cc1Cl)C2=O. The van der Waals surface area contributed by atoms with Gasteiger partial charge in [-0.3, -0.25) is 19.4 Å². The quantitative estimate of drug-likeness (QED) is 0.682. The normalized spacial score (nSPS) is 12.9. The van der Waals surface area contributed by atoms with E-state index in [9.17, 15) is 14.4 Å². The number of carbonyl (C=O) groups excluding carboxylic acids is 3. The van der Waals surface area contributed by atoms with Gasteiger partial charge < -0.3 is 5.32 Å². The Morgan fingerprint density at radius 3 is 2.54 bits per heavy atom. The molecule has 0 spiro atoms. The number of halogens is 1. The first-order valence-electron chi connectivity index (χ1n) is 8.47. The number of rotatable bonds is 3. The van der Waals surface area contributed by atoms with Crippen molar-refractivity contribution >= 4 is 40.7 Å². The summed E-state index contributed by atoms with van der Waals surface area (Å²) in [5.41, 5.74) is 2.43. The monoisotopic (exact) mass is 391 g/mol. The molecule has 3 aromatic rings. The van der Waals surface area contributed by atoms with Crippen LogP contribution < -0.4 is 10.2 Å². The summed E-state index contributed by atoms with van der Waals surface area (Å²) in [5.74, 6) is -1.22. The van der Waals surface area contributed by atoms with E-state index < -0.39 is 11.8 Å². The number of imide groups is 1. The van der Waals surface area contributed by atoms with Crippen molar-refractivity contribution in [3.8, 4) is 0 Å². The number of nitrogens with one attached hydrogen (secondary N) is 1. The van der Waals surface area contributed by atoms with Gasteiger partial charge in [-0.2, -0.15) is 0 Å². The van der Waals surface area contributed by atoms with Crippen LogP contribution in [0.4, 0.5) is 11.4 Å². The van der Waals surface area contributed by atoms with Crippen LogP contribution in [0.15, 0.2) is 60.8 Å². The number of aromatic nitrogens is 1. The minimum atomic E-state index is -0.420. The van der Waals surface area contributed by atoms with E-state index in [1.165, 1.54) is 18.3 Å². The van der Waals surface area contributed by atoms with Gasteiger partial charge in [0.15, 0.2) is 0 Å². The largest absolute Gasteiger partial charge is 0.321 e. The number of amides is 3. The fourth-order valence-corrected chi connectivity index (χ4v) is 3.40. The van der Waals surface area contributed by atoms with Gasteiger partial charge in [0.1, 0.15) is 5.69 Å². The number of hydrogen-bond donors (Lipinski definition) is 1. The Balaban J connectivity index is 1.63. The van der Waals surface area contributed by atoms with Crippen LogP contribution in [0, 0.1) is 6.92 Å². The number of pyridine rings is 1. The van der Waals surface area contributed by atoms with Crippen molar-refractivity contribution in [2.24, 2.45) is 0 Å². The van der Waals surface area contributed by atoms with Crippen molar-refractivity contribution in [1.29, 1.82) is 0 Å². The molecule has 138 valence electrons. The molecule has 3 amide bonds. The topological polar surface area (TPSA) is 79.4 Å². The number of benzene rings is 2. The van der Waals surface area contributed by atoms with Crippen LogP contribution in [0.25, 0.3) is 0 Å². The fourth-order valence-electron chi connectivity index (χ4n) is 3.13. The molecule has 0 unspecified atom stereocenters. The summed E-state index contributed by atoms with van der Waals surface area (Å²) in [6.07, 6.45) is 1.52. The molecule has 0 fully saturated rings. The van der Waals surface area contributed by atoms with Crippen LogP contribution in [0.2, 0.25) is 5.02 Å². The number of nitrogens with zero attached hydrogens (tertiary/aromatic N) is 2. The molecule has 0 saturated carbocycles. The van der Waals surface area contributed by atoms with E-state index in [4.69, 9.17) is 11.6 Å². The lowest BCUT2D eigenvalue weighted by Crippen LogP contribution is -2.29. The van der Waals surface area contributed by atoms with Crippen LogP contribution in [0.3, 0.4) is 0 Å². The van der Waals surface area contributed by atoms with E-state index >= 15 is 0 Å². The Kier molecular flexibility index (Phi) is 4.41. The Morgan fingerprint density at radius 2 is 1.86 bits per heavy atom. The smallest absolute Gasteiger partial charge is 0.274 e. The van der Waals surface area contributed by atoms with Crippen LogP contribution in [-0.2, 0) is 0 Å². The van der Waals surface area contributed by atoms with E-state index in [0.29, 0.717) is 16.8 Å². The average Bonchev–Trinajstić information content (AvgIpc) is 2.94. The summed E-state index contributed by atoms with van der Waals surface area (Å²) in [6.45, 7) is 1.78. The van der Waals surface area contributed by atoms with E-state index in [-0.39, 0.29) is 22.3 Å². The minimum Gasteiger partial charge on any atom is -0.321 e. The Morgan fingerprint density at radius 1 is 1.04 bits per heavy atom. The number of carbonyl (C=O) groups is 3. The second kappa shape index (κ2) is 6.90. The zero-order valence-corrected chi connectivity index (χ0v) is 15.5. The summed E-state index contributed by atoms with van der Waals surface area (Å²) in [5, 5.41) is 2.86. The van der Waals surface area contributed by atoms with Crippen molar-refractivity contribution < 1.29 is 14.4 Å². The maximum absolute atomic E-state index is 12.8. The molecular weight excluding hydrogens is 378 g/mol. The molecule has 4 rings (SSSR count). The van der Waals surface area contributed by atoms with Gasteiger partial charge in [-0.1, -0.05) is 29.8 Å². The third-order valence-corrected chi connectivity index (χ3v) is 4.77. The molecule has 28 heavy (non-hydrogen) atoms. The molecule has 0 aliphatic carbocycles. The van der Waals surface area contributed by atoms with Crippen molar-refractivity contribution in [2.75, 3.05) is 10.2 Å². The maximum atomic E-state index is 12.8. The molecule has 1 aliphatic rings. The van der Waals surface area contributed by atoms with Gasteiger partial charge >= 0.3 is 0 Å². The first kappa shape index (κ1) is 17.9. The highest BCUT2D eigenvalue weighted by Crippen LogP contribution is 2.35. The third-order valence-electron chi connectivity index (χ3n) is 4.47. The number of hydrogen-bond acceptors (Lipinski definition) is 4. The minimum absolute atomic E-state index is 0.172. The molecule has 1 N–H and O–H groups in total. The first-order valence-corrected chi connectivity index (χ1v) is 8.85. The lowest BCUT2D eigenvalue weighted by atomic mass is 10.0. The molecule has 2 heterocycles. The molecule has 2 aromatic carbocycles. The highest BCUT2D eigenvalue weighted by atomic mass is 35.5. The van der Waals surface area contributed by atoms with Gasteiger partial charge in [-0.15, -0.1) is 0 Å². The van der Waals surface area contributed by atoms with E-state index in [1.807, 2.05) is 0 Å². The van der Waals surface area contributed by atoms with Crippen molar-refractivity contribution in [2.45, 2.75) is 6.92 Å². The predicted octanol–water partition coefficient (Wildman–Crippen LogP) is 4.10. The van der Waals surface area contributed by atoms with Crippen molar-refractivity contribution in [1.82, 2.24) is 4.98 Å². The summed E-state index contributed by atoms with van der Waals surface area (Å²) in [4.78, 5) is 42.8. The van der Waals surface area contributed by atoms with E-state index in [1.54, 1.807) is 49.4 Å². The lowest BCUT2D eigenvalue weighted by molar-refractivity contribution is 0.0924. The number of anilines is 2. The fraction of sp³-hybridized carbons (Fsp3) is 0.0476. The zero-order valence-electron chi connectivity index (χ0n) is 14.8. The molecule has 0 atom stereocenters. The second-order valence-corrected chi connectivity index (χ2v) is 6.69. The highest BCUT2D eigenvalue weighted by Gasteiger charge is 2.38. The first-order chi connectivity index (χ1) is 13.5. The van der Waals surface area contributed by atoms with Gasteiger partial charge in [0.25, 0.3) is 17.7 Å². The molecule has 0 radical (unpaired) electrons. The van der Waals surface area contributed by atoms with Gasteiger partial charge in [-0.25, -0.2) is 4.90 Å². The molecule has 7 heteroatoms. The highest BCUT2D eigenvalue weighted by molar-refractivity contribution is 6.40. The Labute approximate surface area is 165 Å². The molecular formula is C21H14ClN3O3. The molecule has 1 aromatic heterocycles. The average molecular weight is 392 g/mol. The molecule has 6 nitrogen and oxygen atoms in total. The second-order valence-electron chi connectivity index (χ2n) is 6.28. The van der Waals surface area contributed by atoms with Crippen LogP contribution in [0.5, 0.6) is 0 Å². The standard InChI is InChI=1S/C21H14ClN3O3/c1-12-5-4-6-14-18(12)21(28)25(20(14)27)17-9-8-13(11-15(17)22)24-19(26)16-7-2-3-10-23-16/h2-11H,1H3,(H,24,26). The van der Waals surface area contributed by atoms with Gasteiger partial charge in [0.2, 0.25) is 0 Å². The zero-order chi connectivity index (χ0) is 19.8. The van der Waals surface area contributed by atoms with Crippen LogP contribution in [0.1, 0.15) is 36.8 Å². The lowest BCUT2D eigenvalue weighted by Gasteiger charge is -2.16. The summed E-state index contributed by atoms with van der Waals surface area (Å²) in [7, 11) is 0. The van der Waals surface area contributed by atoms with Crippen LogP contribution in [-0.4, -0.2) is 22.7 Å². The summed E-state index contributed by atoms with van der Waals surface area (Å²) >= 11 is 6.34. The summed E-state index contributed by atoms with van der Waals surface area (Å²) < 4.78 is 0. The van der Waals surface area contributed by atoms with Crippen molar-refractivity contribution in [3.63, 3.8) is 0 Å². The maximum Gasteiger partial charge on any atom is 0.274 e. The third kappa shape index (κ3) is 2.93. The number of aryl methyl sites for hydroxylation is 1.